The molecule has 5 heteroatoms. The highest BCUT2D eigenvalue weighted by atomic mass is 16.5. The molecule has 0 aliphatic rings. The van der Waals surface area contributed by atoms with Crippen LogP contribution in [0.4, 0.5) is 0 Å². The molecular formula is C11H18O5. The number of carboxylic acids is 1. The average molecular weight is 230 g/mol. The Bertz CT molecular complexity index is 268. The van der Waals surface area contributed by atoms with E-state index in [2.05, 4.69) is 4.74 Å². The Hall–Kier alpha value is -1.36. The van der Waals surface area contributed by atoms with E-state index in [0.717, 1.165) is 0 Å². The van der Waals surface area contributed by atoms with Gasteiger partial charge in [-0.05, 0) is 20.8 Å². The Labute approximate surface area is 95.0 Å². The van der Waals surface area contributed by atoms with Crippen molar-refractivity contribution in [1.82, 2.24) is 0 Å². The lowest BCUT2D eigenvalue weighted by Crippen LogP contribution is -2.29. The van der Waals surface area contributed by atoms with Gasteiger partial charge < -0.3 is 14.6 Å². The third-order valence-electron chi connectivity index (χ3n) is 1.80. The number of carbonyl (C=O) groups is 2. The number of carbonyl (C=O) groups excluding carboxylic acids is 1. The fourth-order valence-electron chi connectivity index (χ4n) is 0.779. The van der Waals surface area contributed by atoms with Gasteiger partial charge in [-0.2, -0.15) is 0 Å². The molecule has 0 fully saturated rings. The third kappa shape index (κ3) is 6.19. The summed E-state index contributed by atoms with van der Waals surface area (Å²) in [6, 6.07) is 0. The fraction of sp³-hybridized carbons (Fsp3) is 0.636. The Morgan fingerprint density at radius 2 is 2.00 bits per heavy atom. The lowest BCUT2D eigenvalue weighted by molar-refractivity contribution is -0.150. The molecule has 0 atom stereocenters. The van der Waals surface area contributed by atoms with Crippen molar-refractivity contribution in [1.29, 1.82) is 0 Å². The zero-order valence-electron chi connectivity index (χ0n) is 9.86. The SMILES string of the molecule is CCOC(=O)/C=C/COCC(C)(C)C(=O)O. The molecule has 5 nitrogen and oxygen atoms in total. The Morgan fingerprint density at radius 3 is 2.50 bits per heavy atom. The van der Waals surface area contributed by atoms with Gasteiger partial charge in [0.15, 0.2) is 0 Å². The van der Waals surface area contributed by atoms with Crippen molar-refractivity contribution < 1.29 is 24.2 Å². The van der Waals surface area contributed by atoms with Crippen LogP contribution in [-0.4, -0.2) is 36.9 Å². The zero-order chi connectivity index (χ0) is 12.6. The van der Waals surface area contributed by atoms with Crippen molar-refractivity contribution in [3.63, 3.8) is 0 Å². The molecule has 0 radical (unpaired) electrons. The standard InChI is InChI=1S/C11H18O5/c1-4-16-9(12)6-5-7-15-8-11(2,3)10(13)14/h5-6H,4,7-8H2,1-3H3,(H,13,14)/b6-5+. The molecule has 0 aliphatic carbocycles. The van der Waals surface area contributed by atoms with Gasteiger partial charge in [0.25, 0.3) is 0 Å². The maximum absolute atomic E-state index is 10.9. The van der Waals surface area contributed by atoms with E-state index in [4.69, 9.17) is 9.84 Å². The smallest absolute Gasteiger partial charge is 0.330 e. The van der Waals surface area contributed by atoms with Crippen LogP contribution >= 0.6 is 0 Å². The van der Waals surface area contributed by atoms with E-state index in [-0.39, 0.29) is 13.2 Å². The molecule has 0 aliphatic heterocycles. The minimum absolute atomic E-state index is 0.0928. The predicted octanol–water partition coefficient (Wildman–Crippen LogP) is 1.23. The summed E-state index contributed by atoms with van der Waals surface area (Å²) in [5.74, 6) is -1.34. The molecule has 0 heterocycles. The normalized spacial score (nSPS) is 11.7. The second-order valence-corrected chi connectivity index (χ2v) is 3.86. The van der Waals surface area contributed by atoms with Crippen molar-refractivity contribution in [2.45, 2.75) is 20.8 Å². The first-order valence-electron chi connectivity index (χ1n) is 5.04. The molecule has 0 rings (SSSR count). The number of hydrogen-bond acceptors (Lipinski definition) is 4. The molecule has 0 saturated carbocycles. The van der Waals surface area contributed by atoms with Gasteiger partial charge in [-0.3, -0.25) is 4.79 Å². The van der Waals surface area contributed by atoms with Crippen molar-refractivity contribution in [3.05, 3.63) is 12.2 Å². The Morgan fingerprint density at radius 1 is 1.38 bits per heavy atom. The maximum Gasteiger partial charge on any atom is 0.330 e. The number of ether oxygens (including phenoxy) is 2. The second kappa shape index (κ2) is 7.00. The zero-order valence-corrected chi connectivity index (χ0v) is 9.86. The first-order chi connectivity index (χ1) is 7.40. The van der Waals surface area contributed by atoms with E-state index in [1.54, 1.807) is 20.8 Å². The van der Waals surface area contributed by atoms with E-state index in [9.17, 15) is 9.59 Å². The molecule has 0 aromatic carbocycles. The van der Waals surface area contributed by atoms with Crippen molar-refractivity contribution in [2.24, 2.45) is 5.41 Å². The van der Waals surface area contributed by atoms with Crippen LogP contribution in [0.25, 0.3) is 0 Å². The minimum Gasteiger partial charge on any atom is -0.481 e. The predicted molar refractivity (Wildman–Crippen MR) is 58.0 cm³/mol. The van der Waals surface area contributed by atoms with E-state index in [1.807, 2.05) is 0 Å². The number of hydrogen-bond donors (Lipinski definition) is 1. The van der Waals surface area contributed by atoms with E-state index < -0.39 is 17.4 Å². The van der Waals surface area contributed by atoms with Crippen LogP contribution in [0, 0.1) is 5.41 Å². The molecular weight excluding hydrogens is 212 g/mol. The van der Waals surface area contributed by atoms with Crippen LogP contribution in [0.2, 0.25) is 0 Å². The highest BCUT2D eigenvalue weighted by molar-refractivity contribution is 5.81. The van der Waals surface area contributed by atoms with Gasteiger partial charge in [0, 0.05) is 6.08 Å². The molecule has 0 spiro atoms. The van der Waals surface area contributed by atoms with Crippen LogP contribution in [-0.2, 0) is 19.1 Å². The molecule has 92 valence electrons. The van der Waals surface area contributed by atoms with E-state index in [0.29, 0.717) is 6.61 Å². The highest BCUT2D eigenvalue weighted by Gasteiger charge is 2.26. The van der Waals surface area contributed by atoms with Gasteiger partial charge in [0.05, 0.1) is 25.2 Å². The monoisotopic (exact) mass is 230 g/mol. The van der Waals surface area contributed by atoms with Crippen molar-refractivity contribution >= 4 is 11.9 Å². The Kier molecular flexibility index (Phi) is 6.41. The molecule has 0 aromatic rings. The van der Waals surface area contributed by atoms with Crippen LogP contribution < -0.4 is 0 Å². The largest absolute Gasteiger partial charge is 0.481 e. The average Bonchev–Trinajstić information content (AvgIpc) is 2.17. The van der Waals surface area contributed by atoms with E-state index >= 15 is 0 Å². The molecule has 0 aromatic heterocycles. The molecule has 0 bridgehead atoms. The lowest BCUT2D eigenvalue weighted by Gasteiger charge is -2.17. The van der Waals surface area contributed by atoms with E-state index in [1.165, 1.54) is 12.2 Å². The Balaban J connectivity index is 3.76. The number of carboxylic acid groups (broad SMARTS) is 1. The summed E-state index contributed by atoms with van der Waals surface area (Å²) in [4.78, 5) is 21.6. The van der Waals surface area contributed by atoms with Gasteiger partial charge in [0.2, 0.25) is 0 Å². The molecule has 0 amide bonds. The summed E-state index contributed by atoms with van der Waals surface area (Å²) in [5, 5.41) is 8.78. The molecule has 0 unspecified atom stereocenters. The van der Waals surface area contributed by atoms with Gasteiger partial charge in [-0.1, -0.05) is 6.08 Å². The van der Waals surface area contributed by atoms with Gasteiger partial charge in [0.1, 0.15) is 0 Å². The third-order valence-corrected chi connectivity index (χ3v) is 1.80. The summed E-state index contributed by atoms with van der Waals surface area (Å²) >= 11 is 0. The second-order valence-electron chi connectivity index (χ2n) is 3.86. The quantitative estimate of drug-likeness (QED) is 0.404. The van der Waals surface area contributed by atoms with Crippen LogP contribution in [0.15, 0.2) is 12.2 Å². The summed E-state index contributed by atoms with van der Waals surface area (Å²) < 4.78 is 9.77. The molecule has 1 N–H and O–H groups in total. The lowest BCUT2D eigenvalue weighted by atomic mass is 9.95. The van der Waals surface area contributed by atoms with Crippen LogP contribution in [0.3, 0.4) is 0 Å². The van der Waals surface area contributed by atoms with Gasteiger partial charge >= 0.3 is 11.9 Å². The number of aliphatic carboxylic acids is 1. The first kappa shape index (κ1) is 14.6. The van der Waals surface area contributed by atoms with Crippen molar-refractivity contribution in [3.8, 4) is 0 Å². The van der Waals surface area contributed by atoms with Crippen LogP contribution in [0.1, 0.15) is 20.8 Å². The molecule has 16 heavy (non-hydrogen) atoms. The molecule has 0 saturated heterocycles. The van der Waals surface area contributed by atoms with Gasteiger partial charge in [-0.15, -0.1) is 0 Å². The highest BCUT2D eigenvalue weighted by Crippen LogP contribution is 2.14. The topological polar surface area (TPSA) is 72.8 Å². The number of rotatable bonds is 7. The van der Waals surface area contributed by atoms with Crippen molar-refractivity contribution in [2.75, 3.05) is 19.8 Å². The maximum atomic E-state index is 10.9. The summed E-state index contributed by atoms with van der Waals surface area (Å²) in [5.41, 5.74) is -0.919. The van der Waals surface area contributed by atoms with Crippen LogP contribution in [0.5, 0.6) is 0 Å². The summed E-state index contributed by atoms with van der Waals surface area (Å²) in [6.07, 6.45) is 2.76. The summed E-state index contributed by atoms with van der Waals surface area (Å²) in [7, 11) is 0. The van der Waals surface area contributed by atoms with Gasteiger partial charge in [-0.25, -0.2) is 4.79 Å². The first-order valence-corrected chi connectivity index (χ1v) is 5.04. The summed E-state index contributed by atoms with van der Waals surface area (Å²) in [6.45, 7) is 5.48. The minimum atomic E-state index is -0.919. The number of esters is 1. The fourth-order valence-corrected chi connectivity index (χ4v) is 0.779.